The molecule has 342 valence electrons. The summed E-state index contributed by atoms with van der Waals surface area (Å²) < 4.78 is 31.9. The minimum atomic E-state index is -0.262. The standard InChI is InChI=1S/C37H35FO2.C13H17NO.C7H12.C3H8/c1-4-7-26-8-9-30-24-31(11-10-29(30)22-26)32-14-18-35(27(5-2)23-32)33-15-19-36(37(38)25-33)28-12-16-34(17-13-28)40-21-6-20-39-3;1-10-7-12(8-14)5-6-13(10)15-9-11-3-2-4-11;1-4-6-7(3)5-2;1-3-2/h5,8-19,22-25H,2,4,6-7,20-21H2,1,3H3;5-8,11,14H,2-4,9H2,1H3;4,6H,1,5H2,2-3H3;3H2,1-2H3/b;;7-6+;. The maximum atomic E-state index is 15.3. The van der Waals surface area contributed by atoms with Gasteiger partial charge in [0.25, 0.3) is 0 Å². The van der Waals surface area contributed by atoms with Gasteiger partial charge in [0, 0.05) is 31.9 Å². The predicted molar refractivity (Wildman–Crippen MR) is 278 cm³/mol. The molecule has 0 aromatic heterocycles. The van der Waals surface area contributed by atoms with Crippen LogP contribution in [0.1, 0.15) is 102 Å². The van der Waals surface area contributed by atoms with Gasteiger partial charge in [-0.2, -0.15) is 0 Å². The Hall–Kier alpha value is -6.04. The van der Waals surface area contributed by atoms with Crippen molar-refractivity contribution < 1.29 is 18.6 Å². The fourth-order valence-electron chi connectivity index (χ4n) is 7.24. The quantitative estimate of drug-likeness (QED) is 0.0564. The highest BCUT2D eigenvalue weighted by Crippen LogP contribution is 2.35. The van der Waals surface area contributed by atoms with Gasteiger partial charge in [-0.05, 0) is 155 Å². The lowest BCUT2D eigenvalue weighted by Gasteiger charge is -2.25. The molecule has 0 heterocycles. The molecule has 6 aromatic carbocycles. The molecule has 7 rings (SSSR count). The van der Waals surface area contributed by atoms with Crippen molar-refractivity contribution in [3.8, 4) is 44.9 Å². The first-order valence-corrected chi connectivity index (χ1v) is 23.4. The Morgan fingerprint density at radius 1 is 0.738 bits per heavy atom. The Balaban J connectivity index is 0.000000301. The summed E-state index contributed by atoms with van der Waals surface area (Å²) in [5.74, 6) is 2.24. The zero-order chi connectivity index (χ0) is 47.0. The number of methoxy groups -OCH3 is 1. The molecule has 4 nitrogen and oxygen atoms in total. The van der Waals surface area contributed by atoms with Gasteiger partial charge >= 0.3 is 0 Å². The monoisotopic (exact) mass is 874 g/mol. The van der Waals surface area contributed by atoms with E-state index in [-0.39, 0.29) is 5.82 Å². The largest absolute Gasteiger partial charge is 0.494 e. The van der Waals surface area contributed by atoms with Crippen molar-refractivity contribution in [1.82, 2.24) is 0 Å². The molecule has 1 saturated carbocycles. The number of fused-ring (bicyclic) bond motifs is 1. The summed E-state index contributed by atoms with van der Waals surface area (Å²) in [5, 5.41) is 9.64. The second kappa shape index (κ2) is 28.0. The molecule has 1 fully saturated rings. The minimum Gasteiger partial charge on any atom is -0.494 e. The number of benzene rings is 6. The first kappa shape index (κ1) is 51.6. The number of nitrogens with one attached hydrogen (secondary N) is 1. The van der Waals surface area contributed by atoms with Crippen LogP contribution < -0.4 is 9.47 Å². The van der Waals surface area contributed by atoms with Gasteiger partial charge in [0.2, 0.25) is 0 Å². The molecule has 0 atom stereocenters. The van der Waals surface area contributed by atoms with Gasteiger partial charge in [0.15, 0.2) is 0 Å². The lowest BCUT2D eigenvalue weighted by atomic mass is 9.86. The van der Waals surface area contributed by atoms with Gasteiger partial charge in [-0.25, -0.2) is 4.39 Å². The molecule has 0 saturated heterocycles. The molecule has 0 amide bonds. The second-order valence-electron chi connectivity index (χ2n) is 16.7. The van der Waals surface area contributed by atoms with Gasteiger partial charge in [-0.3, -0.25) is 0 Å². The number of halogens is 1. The summed E-state index contributed by atoms with van der Waals surface area (Å²) in [6.07, 6.45) is 16.5. The highest BCUT2D eigenvalue weighted by atomic mass is 19.1. The zero-order valence-corrected chi connectivity index (χ0v) is 40.2. The van der Waals surface area contributed by atoms with Crippen LogP contribution in [0, 0.1) is 24.1 Å². The van der Waals surface area contributed by atoms with Crippen LogP contribution in [0.25, 0.3) is 50.2 Å². The lowest BCUT2D eigenvalue weighted by Crippen LogP contribution is -2.19. The summed E-state index contributed by atoms with van der Waals surface area (Å²) in [6.45, 7) is 22.4. The Morgan fingerprint density at radius 3 is 2.00 bits per heavy atom. The molecule has 65 heavy (non-hydrogen) atoms. The van der Waals surface area contributed by atoms with E-state index in [4.69, 9.17) is 19.6 Å². The van der Waals surface area contributed by atoms with Crippen LogP contribution >= 0.6 is 0 Å². The van der Waals surface area contributed by atoms with E-state index in [2.05, 4.69) is 102 Å². The molecule has 1 aliphatic carbocycles. The fourth-order valence-corrected chi connectivity index (χ4v) is 7.24. The second-order valence-corrected chi connectivity index (χ2v) is 16.7. The SMILES string of the molecule is C=C/C=C(\C)CC.C=Cc1cc(-c2ccc3cc(CCC)ccc3c2)ccc1-c1ccc(-c2ccc(OCCCOC)cc2)c(F)c1.CCC.Cc1cc(C=N)ccc1OCC1CCC1. The molecule has 1 aliphatic rings. The van der Waals surface area contributed by atoms with Crippen LogP contribution in [0.4, 0.5) is 4.39 Å². The maximum absolute atomic E-state index is 15.3. The van der Waals surface area contributed by atoms with Gasteiger partial charge in [0.05, 0.1) is 13.2 Å². The Labute approximate surface area is 390 Å². The number of aryl methyl sites for hydroxylation is 2. The highest BCUT2D eigenvalue weighted by Gasteiger charge is 2.18. The van der Waals surface area contributed by atoms with E-state index in [0.717, 1.165) is 94.2 Å². The summed E-state index contributed by atoms with van der Waals surface area (Å²) in [4.78, 5) is 0. The molecule has 5 heteroatoms. The van der Waals surface area contributed by atoms with Crippen LogP contribution in [0.2, 0.25) is 0 Å². The van der Waals surface area contributed by atoms with Gasteiger partial charge in [-0.1, -0.05) is 151 Å². The number of rotatable bonds is 17. The summed E-state index contributed by atoms with van der Waals surface area (Å²) in [6, 6.07) is 38.4. The van der Waals surface area contributed by atoms with Crippen LogP contribution in [0.3, 0.4) is 0 Å². The fraction of sp³-hybridized carbons (Fsp3) is 0.317. The van der Waals surface area contributed by atoms with Crippen molar-refractivity contribution in [2.24, 2.45) is 5.92 Å². The molecule has 0 radical (unpaired) electrons. The first-order chi connectivity index (χ1) is 31.6. The van der Waals surface area contributed by atoms with Gasteiger partial charge in [0.1, 0.15) is 17.3 Å². The Bertz CT molecular complexity index is 2440. The van der Waals surface area contributed by atoms with Crippen molar-refractivity contribution in [3.05, 3.63) is 174 Å². The van der Waals surface area contributed by atoms with Crippen molar-refractivity contribution in [1.29, 1.82) is 5.41 Å². The van der Waals surface area contributed by atoms with Crippen LogP contribution in [0.15, 0.2) is 146 Å². The Morgan fingerprint density at radius 2 is 1.40 bits per heavy atom. The van der Waals surface area contributed by atoms with E-state index >= 15 is 4.39 Å². The normalized spacial score (nSPS) is 12.0. The van der Waals surface area contributed by atoms with Crippen molar-refractivity contribution in [3.63, 3.8) is 0 Å². The molecular formula is C60H72FNO3. The van der Waals surface area contributed by atoms with Crippen molar-refractivity contribution in [2.45, 2.75) is 92.9 Å². The first-order valence-electron chi connectivity index (χ1n) is 23.4. The molecule has 1 N–H and O–H groups in total. The average Bonchev–Trinajstić information content (AvgIpc) is 3.31. The third-order valence-corrected chi connectivity index (χ3v) is 11.3. The van der Waals surface area contributed by atoms with E-state index in [1.54, 1.807) is 13.2 Å². The summed E-state index contributed by atoms with van der Waals surface area (Å²) >= 11 is 0. The molecular weight excluding hydrogens is 802 g/mol. The maximum Gasteiger partial charge on any atom is 0.131 e. The Kier molecular flexibility index (Phi) is 22.2. The molecule has 0 unspecified atom stereocenters. The number of ether oxygens (including phenoxy) is 3. The van der Waals surface area contributed by atoms with E-state index in [0.29, 0.717) is 18.8 Å². The predicted octanol–water partition coefficient (Wildman–Crippen LogP) is 17.1. The average molecular weight is 874 g/mol. The topological polar surface area (TPSA) is 51.5 Å². The van der Waals surface area contributed by atoms with E-state index in [1.165, 1.54) is 53.8 Å². The van der Waals surface area contributed by atoms with E-state index in [1.807, 2.05) is 79.7 Å². The smallest absolute Gasteiger partial charge is 0.131 e. The lowest BCUT2D eigenvalue weighted by molar-refractivity contribution is 0.172. The molecule has 0 bridgehead atoms. The molecule has 6 aromatic rings. The van der Waals surface area contributed by atoms with Gasteiger partial charge in [-0.15, -0.1) is 0 Å². The van der Waals surface area contributed by atoms with Crippen LogP contribution in [0.5, 0.6) is 11.5 Å². The van der Waals surface area contributed by atoms with Gasteiger partial charge < -0.3 is 19.6 Å². The van der Waals surface area contributed by atoms with Crippen LogP contribution in [-0.2, 0) is 11.2 Å². The minimum absolute atomic E-state index is 0.262. The third-order valence-electron chi connectivity index (χ3n) is 11.3. The van der Waals surface area contributed by atoms with Crippen molar-refractivity contribution in [2.75, 3.05) is 26.9 Å². The molecule has 0 aliphatic heterocycles. The number of hydrogen-bond acceptors (Lipinski definition) is 4. The number of allylic oxidation sites excluding steroid dienone is 3. The summed E-state index contributed by atoms with van der Waals surface area (Å²) in [5.41, 5.74) is 11.2. The molecule has 0 spiro atoms. The van der Waals surface area contributed by atoms with E-state index < -0.39 is 0 Å². The summed E-state index contributed by atoms with van der Waals surface area (Å²) in [7, 11) is 1.68. The zero-order valence-electron chi connectivity index (χ0n) is 40.2. The van der Waals surface area contributed by atoms with Crippen molar-refractivity contribution >= 4 is 23.1 Å². The van der Waals surface area contributed by atoms with Crippen LogP contribution in [-0.4, -0.2) is 33.1 Å². The third kappa shape index (κ3) is 16.2. The number of hydrogen-bond donors (Lipinski definition) is 1. The van der Waals surface area contributed by atoms with E-state index in [9.17, 15) is 0 Å². The highest BCUT2D eigenvalue weighted by molar-refractivity contribution is 5.89.